The number of piperidine rings is 2. The van der Waals surface area contributed by atoms with Gasteiger partial charge in [-0.2, -0.15) is 0 Å². The lowest BCUT2D eigenvalue weighted by Crippen LogP contribution is -2.58. The summed E-state index contributed by atoms with van der Waals surface area (Å²) in [5.41, 5.74) is 0.502. The molecular formula is C21H41N3. The van der Waals surface area contributed by atoms with Gasteiger partial charge in [0.15, 0.2) is 0 Å². The lowest BCUT2D eigenvalue weighted by Gasteiger charge is -2.51. The fraction of sp³-hybridized carbons (Fsp3) is 1.00. The third-order valence-electron chi connectivity index (χ3n) is 7.10. The Kier molecular flexibility index (Phi) is 5.94. The summed E-state index contributed by atoms with van der Waals surface area (Å²) < 4.78 is 0. The van der Waals surface area contributed by atoms with Crippen LogP contribution in [0.5, 0.6) is 0 Å². The van der Waals surface area contributed by atoms with Crippen LogP contribution < -0.4 is 0 Å². The second-order valence-corrected chi connectivity index (χ2v) is 10.1. The van der Waals surface area contributed by atoms with Gasteiger partial charge in [0, 0.05) is 31.7 Å². The summed E-state index contributed by atoms with van der Waals surface area (Å²) in [6, 6.07) is 1.61. The van der Waals surface area contributed by atoms with Gasteiger partial charge in [-0.05, 0) is 83.0 Å². The third-order valence-corrected chi connectivity index (χ3v) is 7.10. The highest BCUT2D eigenvalue weighted by molar-refractivity contribution is 4.93. The zero-order valence-electron chi connectivity index (χ0n) is 16.9. The van der Waals surface area contributed by atoms with E-state index in [0.29, 0.717) is 5.41 Å². The fourth-order valence-corrected chi connectivity index (χ4v) is 4.84. The fourth-order valence-electron chi connectivity index (χ4n) is 4.84. The predicted molar refractivity (Wildman–Crippen MR) is 103 cm³/mol. The van der Waals surface area contributed by atoms with Crippen LogP contribution in [0.1, 0.15) is 60.3 Å². The Morgan fingerprint density at radius 2 is 1.46 bits per heavy atom. The molecule has 0 unspecified atom stereocenters. The van der Waals surface area contributed by atoms with Gasteiger partial charge in [-0.3, -0.25) is 4.90 Å². The largest absolute Gasteiger partial charge is 0.303 e. The average Bonchev–Trinajstić information content (AvgIpc) is 2.46. The molecule has 0 radical (unpaired) electrons. The van der Waals surface area contributed by atoms with Gasteiger partial charge in [-0.15, -0.1) is 0 Å². The third kappa shape index (κ3) is 4.53. The number of rotatable bonds is 4. The summed E-state index contributed by atoms with van der Waals surface area (Å²) in [5.74, 6) is 1.87. The summed E-state index contributed by atoms with van der Waals surface area (Å²) in [6.45, 7) is 21.3. The van der Waals surface area contributed by atoms with Crippen molar-refractivity contribution < 1.29 is 0 Å². The summed E-state index contributed by atoms with van der Waals surface area (Å²) in [5, 5.41) is 0. The van der Waals surface area contributed by atoms with Crippen LogP contribution in [0.3, 0.4) is 0 Å². The molecule has 140 valence electrons. The van der Waals surface area contributed by atoms with Crippen LogP contribution in [0, 0.1) is 17.3 Å². The first-order valence-corrected chi connectivity index (χ1v) is 10.5. The topological polar surface area (TPSA) is 9.72 Å². The van der Waals surface area contributed by atoms with E-state index in [1.54, 1.807) is 0 Å². The van der Waals surface area contributed by atoms with E-state index in [-0.39, 0.29) is 0 Å². The Morgan fingerprint density at radius 3 is 1.96 bits per heavy atom. The van der Waals surface area contributed by atoms with E-state index in [2.05, 4.69) is 49.3 Å². The number of nitrogens with zero attached hydrogens (tertiary/aromatic N) is 3. The monoisotopic (exact) mass is 335 g/mol. The maximum atomic E-state index is 2.77. The van der Waals surface area contributed by atoms with Crippen molar-refractivity contribution in [3.8, 4) is 0 Å². The van der Waals surface area contributed by atoms with E-state index in [0.717, 1.165) is 23.9 Å². The first-order chi connectivity index (χ1) is 11.3. The summed E-state index contributed by atoms with van der Waals surface area (Å²) >= 11 is 0. The Balaban J connectivity index is 1.33. The van der Waals surface area contributed by atoms with E-state index in [1.807, 2.05) is 0 Å². The molecule has 0 aliphatic carbocycles. The molecule has 0 bridgehead atoms. The maximum Gasteiger partial charge on any atom is 0.0120 e. The van der Waals surface area contributed by atoms with Gasteiger partial charge in [0.2, 0.25) is 0 Å². The van der Waals surface area contributed by atoms with Crippen LogP contribution in [0.2, 0.25) is 0 Å². The van der Waals surface area contributed by atoms with Crippen molar-refractivity contribution in [2.75, 3.05) is 45.8 Å². The number of hydrogen-bond donors (Lipinski definition) is 0. The van der Waals surface area contributed by atoms with Crippen LogP contribution in [0.25, 0.3) is 0 Å². The van der Waals surface area contributed by atoms with Crippen molar-refractivity contribution in [3.05, 3.63) is 0 Å². The number of likely N-dealkylation sites (tertiary alicyclic amines) is 3. The normalized spacial score (nSPS) is 27.8. The van der Waals surface area contributed by atoms with Gasteiger partial charge in [0.25, 0.3) is 0 Å². The minimum Gasteiger partial charge on any atom is -0.303 e. The molecule has 3 heterocycles. The van der Waals surface area contributed by atoms with Crippen molar-refractivity contribution in [1.82, 2.24) is 14.7 Å². The van der Waals surface area contributed by atoms with E-state index < -0.39 is 0 Å². The zero-order valence-corrected chi connectivity index (χ0v) is 16.9. The molecule has 0 spiro atoms. The Hall–Kier alpha value is -0.120. The van der Waals surface area contributed by atoms with Crippen LogP contribution >= 0.6 is 0 Å². The van der Waals surface area contributed by atoms with Crippen molar-refractivity contribution in [3.63, 3.8) is 0 Å². The van der Waals surface area contributed by atoms with E-state index in [1.165, 1.54) is 71.5 Å². The molecule has 0 aromatic carbocycles. The molecule has 3 aliphatic heterocycles. The molecule has 3 saturated heterocycles. The van der Waals surface area contributed by atoms with Gasteiger partial charge in [0.1, 0.15) is 0 Å². The quantitative estimate of drug-likeness (QED) is 0.778. The van der Waals surface area contributed by atoms with Crippen LogP contribution in [0.4, 0.5) is 0 Å². The molecule has 3 aliphatic rings. The summed E-state index contributed by atoms with van der Waals surface area (Å²) in [7, 11) is 0. The predicted octanol–water partition coefficient (Wildman–Crippen LogP) is 3.55. The molecule has 0 aromatic rings. The maximum absolute atomic E-state index is 2.77. The van der Waals surface area contributed by atoms with E-state index in [9.17, 15) is 0 Å². The molecular weight excluding hydrogens is 294 g/mol. The molecule has 3 rings (SSSR count). The Morgan fingerprint density at radius 1 is 0.875 bits per heavy atom. The van der Waals surface area contributed by atoms with Gasteiger partial charge in [-0.25, -0.2) is 0 Å². The second kappa shape index (κ2) is 7.63. The molecule has 24 heavy (non-hydrogen) atoms. The van der Waals surface area contributed by atoms with Gasteiger partial charge in [0.05, 0.1) is 0 Å². The van der Waals surface area contributed by atoms with Crippen LogP contribution in [-0.4, -0.2) is 72.6 Å². The Bertz CT molecular complexity index is 378. The molecule has 0 N–H and O–H groups in total. The highest BCUT2D eigenvalue weighted by Gasteiger charge is 2.39. The smallest absolute Gasteiger partial charge is 0.0120 e. The number of hydrogen-bond acceptors (Lipinski definition) is 3. The van der Waals surface area contributed by atoms with Crippen LogP contribution in [0.15, 0.2) is 0 Å². The van der Waals surface area contributed by atoms with Crippen molar-refractivity contribution >= 4 is 0 Å². The molecule has 0 aromatic heterocycles. The minimum atomic E-state index is 0.502. The van der Waals surface area contributed by atoms with Gasteiger partial charge in [-0.1, -0.05) is 20.8 Å². The zero-order chi connectivity index (χ0) is 17.3. The first kappa shape index (κ1) is 18.7. The molecule has 3 nitrogen and oxygen atoms in total. The standard InChI is InChI=1S/C21H41N3/c1-17(2)23-12-6-18(7-13-23)14-22-10-8-20(9-11-22)24-15-19(16-24)21(3,4)5/h17-20H,6-16H2,1-5H3. The molecule has 3 fully saturated rings. The van der Waals surface area contributed by atoms with E-state index >= 15 is 0 Å². The lowest BCUT2D eigenvalue weighted by molar-refractivity contribution is -0.0277. The Labute approximate surface area is 150 Å². The SMILES string of the molecule is CC(C)N1CCC(CN2CCC(N3CC(C(C)(C)C)C3)CC2)CC1. The highest BCUT2D eigenvalue weighted by Crippen LogP contribution is 2.36. The lowest BCUT2D eigenvalue weighted by atomic mass is 9.75. The van der Waals surface area contributed by atoms with Crippen molar-refractivity contribution in [2.24, 2.45) is 17.3 Å². The minimum absolute atomic E-state index is 0.502. The van der Waals surface area contributed by atoms with Gasteiger partial charge < -0.3 is 9.80 Å². The summed E-state index contributed by atoms with van der Waals surface area (Å²) in [6.07, 6.45) is 5.64. The van der Waals surface area contributed by atoms with Gasteiger partial charge >= 0.3 is 0 Å². The first-order valence-electron chi connectivity index (χ1n) is 10.5. The molecule has 0 amide bonds. The molecule has 3 heteroatoms. The second-order valence-electron chi connectivity index (χ2n) is 10.1. The van der Waals surface area contributed by atoms with Crippen molar-refractivity contribution in [2.45, 2.75) is 72.4 Å². The molecule has 0 saturated carbocycles. The highest BCUT2D eigenvalue weighted by atomic mass is 15.2. The molecule has 0 atom stereocenters. The summed E-state index contributed by atoms with van der Waals surface area (Å²) in [4.78, 5) is 8.19. The van der Waals surface area contributed by atoms with Crippen molar-refractivity contribution in [1.29, 1.82) is 0 Å². The average molecular weight is 336 g/mol. The van der Waals surface area contributed by atoms with E-state index in [4.69, 9.17) is 0 Å². The van der Waals surface area contributed by atoms with Crippen LogP contribution in [-0.2, 0) is 0 Å².